The summed E-state index contributed by atoms with van der Waals surface area (Å²) in [6.45, 7) is 11.8. The van der Waals surface area contributed by atoms with Gasteiger partial charge in [-0.05, 0) is 37.4 Å². The maximum Gasteiger partial charge on any atom is 0.128 e. The van der Waals surface area contributed by atoms with E-state index in [1.165, 1.54) is 12.0 Å². The minimum absolute atomic E-state index is 0.656. The number of hydrogen-bond acceptors (Lipinski definition) is 3. The van der Waals surface area contributed by atoms with Crippen LogP contribution < -0.4 is 10.2 Å². The van der Waals surface area contributed by atoms with Crippen LogP contribution >= 0.6 is 0 Å². The molecule has 0 aliphatic carbocycles. The largest absolute Gasteiger partial charge is 0.359 e. The smallest absolute Gasteiger partial charge is 0.128 e. The van der Waals surface area contributed by atoms with Crippen molar-refractivity contribution in [1.29, 1.82) is 0 Å². The van der Waals surface area contributed by atoms with Crippen LogP contribution in [0.4, 0.5) is 5.82 Å². The van der Waals surface area contributed by atoms with E-state index in [4.69, 9.17) is 4.98 Å². The summed E-state index contributed by atoms with van der Waals surface area (Å²) in [5, 5.41) is 3.42. The summed E-state index contributed by atoms with van der Waals surface area (Å²) in [5.74, 6) is 1.73. The monoisotopic (exact) mass is 249 g/mol. The van der Waals surface area contributed by atoms with Gasteiger partial charge in [0.15, 0.2) is 0 Å². The number of pyridine rings is 1. The van der Waals surface area contributed by atoms with Crippen molar-refractivity contribution in [3.05, 3.63) is 23.4 Å². The highest BCUT2D eigenvalue weighted by molar-refractivity contribution is 5.40. The summed E-state index contributed by atoms with van der Waals surface area (Å²) in [6, 6.07) is 4.31. The SMILES string of the molecule is CCCNCc1ccc(N(C)CC(C)C)nc1C. The molecule has 1 rings (SSSR count). The minimum Gasteiger partial charge on any atom is -0.359 e. The molecule has 0 unspecified atom stereocenters. The van der Waals surface area contributed by atoms with E-state index in [9.17, 15) is 0 Å². The van der Waals surface area contributed by atoms with E-state index in [-0.39, 0.29) is 0 Å². The third-order valence-electron chi connectivity index (χ3n) is 2.95. The van der Waals surface area contributed by atoms with Gasteiger partial charge in [-0.15, -0.1) is 0 Å². The van der Waals surface area contributed by atoms with Crippen LogP contribution in [0.25, 0.3) is 0 Å². The van der Waals surface area contributed by atoms with Crippen molar-refractivity contribution in [3.8, 4) is 0 Å². The number of anilines is 1. The predicted octanol–water partition coefficient (Wildman–Crippen LogP) is 2.98. The van der Waals surface area contributed by atoms with Gasteiger partial charge >= 0.3 is 0 Å². The standard InChI is InChI=1S/C15H27N3/c1-6-9-16-10-14-7-8-15(17-13(14)4)18(5)11-12(2)3/h7-8,12,16H,6,9-11H2,1-5H3. The van der Waals surface area contributed by atoms with Gasteiger partial charge in [0, 0.05) is 25.8 Å². The minimum atomic E-state index is 0.656. The third kappa shape index (κ3) is 4.65. The molecule has 0 atom stereocenters. The van der Waals surface area contributed by atoms with Gasteiger partial charge in [0.05, 0.1) is 0 Å². The first-order chi connectivity index (χ1) is 8.54. The molecule has 18 heavy (non-hydrogen) atoms. The predicted molar refractivity (Wildman–Crippen MR) is 79.1 cm³/mol. The molecule has 3 nitrogen and oxygen atoms in total. The zero-order chi connectivity index (χ0) is 13.5. The molecule has 1 heterocycles. The Labute approximate surface area is 112 Å². The maximum absolute atomic E-state index is 4.69. The van der Waals surface area contributed by atoms with Crippen LogP contribution in [-0.2, 0) is 6.54 Å². The second-order valence-corrected chi connectivity index (χ2v) is 5.37. The summed E-state index contributed by atoms with van der Waals surface area (Å²) in [6.07, 6.45) is 1.17. The molecule has 0 fully saturated rings. The van der Waals surface area contributed by atoms with E-state index < -0.39 is 0 Å². The molecule has 0 saturated carbocycles. The zero-order valence-corrected chi connectivity index (χ0v) is 12.5. The topological polar surface area (TPSA) is 28.2 Å². The van der Waals surface area contributed by atoms with Crippen molar-refractivity contribution in [2.45, 2.75) is 40.7 Å². The molecular formula is C15H27N3. The van der Waals surface area contributed by atoms with Crippen LogP contribution in [-0.4, -0.2) is 25.1 Å². The van der Waals surface area contributed by atoms with Crippen molar-refractivity contribution >= 4 is 5.82 Å². The number of aryl methyl sites for hydroxylation is 1. The molecule has 0 aromatic carbocycles. The molecule has 1 aromatic rings. The molecule has 1 aromatic heterocycles. The van der Waals surface area contributed by atoms with E-state index >= 15 is 0 Å². The summed E-state index contributed by atoms with van der Waals surface area (Å²) in [5.41, 5.74) is 2.43. The van der Waals surface area contributed by atoms with Crippen LogP contribution in [0.3, 0.4) is 0 Å². The average Bonchev–Trinajstić information content (AvgIpc) is 2.30. The van der Waals surface area contributed by atoms with Crippen molar-refractivity contribution in [1.82, 2.24) is 10.3 Å². The highest BCUT2D eigenvalue weighted by Crippen LogP contribution is 2.14. The number of aromatic nitrogens is 1. The normalized spacial score (nSPS) is 11.0. The van der Waals surface area contributed by atoms with Crippen molar-refractivity contribution < 1.29 is 0 Å². The molecule has 0 radical (unpaired) electrons. The van der Waals surface area contributed by atoms with Crippen molar-refractivity contribution in [3.63, 3.8) is 0 Å². The summed E-state index contributed by atoms with van der Waals surface area (Å²) in [7, 11) is 2.11. The van der Waals surface area contributed by atoms with Crippen LogP contribution in [0.2, 0.25) is 0 Å². The van der Waals surface area contributed by atoms with Crippen LogP contribution in [0.1, 0.15) is 38.4 Å². The Morgan fingerprint density at radius 2 is 2.06 bits per heavy atom. The fraction of sp³-hybridized carbons (Fsp3) is 0.667. The van der Waals surface area contributed by atoms with Gasteiger partial charge in [-0.3, -0.25) is 0 Å². The van der Waals surface area contributed by atoms with Gasteiger partial charge in [0.1, 0.15) is 5.82 Å². The van der Waals surface area contributed by atoms with E-state index in [1.54, 1.807) is 0 Å². The van der Waals surface area contributed by atoms with E-state index in [0.29, 0.717) is 5.92 Å². The van der Waals surface area contributed by atoms with Crippen LogP contribution in [0.15, 0.2) is 12.1 Å². The van der Waals surface area contributed by atoms with Crippen LogP contribution in [0, 0.1) is 12.8 Å². The molecule has 1 N–H and O–H groups in total. The zero-order valence-electron chi connectivity index (χ0n) is 12.5. The summed E-state index contributed by atoms with van der Waals surface area (Å²) in [4.78, 5) is 6.91. The number of rotatable bonds is 7. The Morgan fingerprint density at radius 1 is 1.33 bits per heavy atom. The number of hydrogen-bond donors (Lipinski definition) is 1. The first kappa shape index (κ1) is 15.0. The molecule has 0 saturated heterocycles. The van der Waals surface area contributed by atoms with Gasteiger partial charge in [-0.1, -0.05) is 26.8 Å². The van der Waals surface area contributed by atoms with Crippen molar-refractivity contribution in [2.24, 2.45) is 5.92 Å². The average molecular weight is 249 g/mol. The van der Waals surface area contributed by atoms with Gasteiger partial charge in [0.2, 0.25) is 0 Å². The van der Waals surface area contributed by atoms with Gasteiger partial charge < -0.3 is 10.2 Å². The first-order valence-electron chi connectivity index (χ1n) is 6.93. The molecule has 0 amide bonds. The number of nitrogens with zero attached hydrogens (tertiary/aromatic N) is 2. The van der Waals surface area contributed by atoms with Gasteiger partial charge in [-0.2, -0.15) is 0 Å². The lowest BCUT2D eigenvalue weighted by Crippen LogP contribution is -2.24. The Hall–Kier alpha value is -1.09. The maximum atomic E-state index is 4.69. The highest BCUT2D eigenvalue weighted by atomic mass is 15.2. The summed E-state index contributed by atoms with van der Waals surface area (Å²) >= 11 is 0. The third-order valence-corrected chi connectivity index (χ3v) is 2.95. The van der Waals surface area contributed by atoms with Gasteiger partial charge in [-0.25, -0.2) is 4.98 Å². The second kappa shape index (κ2) is 7.37. The molecular weight excluding hydrogens is 222 g/mol. The quantitative estimate of drug-likeness (QED) is 0.753. The fourth-order valence-corrected chi connectivity index (χ4v) is 2.02. The Balaban J connectivity index is 2.66. The number of nitrogens with one attached hydrogen (secondary N) is 1. The second-order valence-electron chi connectivity index (χ2n) is 5.37. The summed E-state index contributed by atoms with van der Waals surface area (Å²) < 4.78 is 0. The van der Waals surface area contributed by atoms with E-state index in [1.807, 2.05) is 0 Å². The molecule has 0 aliphatic rings. The lowest BCUT2D eigenvalue weighted by atomic mass is 10.2. The molecule has 0 aliphatic heterocycles. The van der Waals surface area contributed by atoms with Crippen molar-refractivity contribution in [2.75, 3.05) is 25.0 Å². The van der Waals surface area contributed by atoms with Crippen LogP contribution in [0.5, 0.6) is 0 Å². The lowest BCUT2D eigenvalue weighted by molar-refractivity contribution is 0.633. The molecule has 0 spiro atoms. The highest BCUT2D eigenvalue weighted by Gasteiger charge is 2.07. The van der Waals surface area contributed by atoms with E-state index in [0.717, 1.165) is 31.1 Å². The van der Waals surface area contributed by atoms with E-state index in [2.05, 4.69) is 57.1 Å². The van der Waals surface area contributed by atoms with Gasteiger partial charge in [0.25, 0.3) is 0 Å². The Bertz CT molecular complexity index is 361. The Kier molecular flexibility index (Phi) is 6.13. The Morgan fingerprint density at radius 3 is 2.61 bits per heavy atom. The molecule has 3 heteroatoms. The fourth-order valence-electron chi connectivity index (χ4n) is 2.02. The first-order valence-corrected chi connectivity index (χ1v) is 6.93. The molecule has 0 bridgehead atoms. The lowest BCUT2D eigenvalue weighted by Gasteiger charge is -2.21. The molecule has 102 valence electrons.